The Kier molecular flexibility index (Phi) is 3.29. The van der Waals surface area contributed by atoms with Crippen LogP contribution in [0.3, 0.4) is 0 Å². The minimum Gasteiger partial charge on any atom is -0.476 e. The standard InChI is InChI=1S/C9H10BrNO4S/c10-8-11-5(7(12)13)6(16-8)9(14)1-3-15-4-2-9/h14H,1-4H2,(H,12,13). The maximum atomic E-state index is 11.0. The average molecular weight is 308 g/mol. The molecule has 1 fully saturated rings. The minimum absolute atomic E-state index is 0.0683. The fourth-order valence-electron chi connectivity index (χ4n) is 1.69. The van der Waals surface area contributed by atoms with Gasteiger partial charge in [0, 0.05) is 26.1 Å². The van der Waals surface area contributed by atoms with Crippen LogP contribution in [0.15, 0.2) is 3.92 Å². The maximum absolute atomic E-state index is 11.0. The fourth-order valence-corrected chi connectivity index (χ4v) is 3.28. The van der Waals surface area contributed by atoms with Crippen molar-refractivity contribution in [1.82, 2.24) is 4.98 Å². The molecule has 2 heterocycles. The second kappa shape index (κ2) is 4.40. The smallest absolute Gasteiger partial charge is 0.355 e. The van der Waals surface area contributed by atoms with Crippen LogP contribution < -0.4 is 0 Å². The summed E-state index contributed by atoms with van der Waals surface area (Å²) in [6.07, 6.45) is 0.809. The Bertz CT molecular complexity index is 414. The van der Waals surface area contributed by atoms with Gasteiger partial charge in [0.05, 0.1) is 4.88 Å². The number of aromatic carboxylic acids is 1. The van der Waals surface area contributed by atoms with Crippen LogP contribution in [0.1, 0.15) is 28.2 Å². The third kappa shape index (κ3) is 2.13. The summed E-state index contributed by atoms with van der Waals surface area (Å²) in [5.41, 5.74) is -1.18. The average Bonchev–Trinajstić information content (AvgIpc) is 2.62. The van der Waals surface area contributed by atoms with Crippen molar-refractivity contribution in [3.05, 3.63) is 14.5 Å². The van der Waals surface area contributed by atoms with E-state index < -0.39 is 11.6 Å². The van der Waals surface area contributed by atoms with Crippen molar-refractivity contribution in [1.29, 1.82) is 0 Å². The SMILES string of the molecule is O=C(O)c1nc(Br)sc1C1(O)CCOCC1. The predicted octanol–water partition coefficient (Wildman–Crippen LogP) is 1.60. The molecule has 16 heavy (non-hydrogen) atoms. The third-order valence-corrected chi connectivity index (χ3v) is 4.25. The van der Waals surface area contributed by atoms with E-state index in [1.165, 1.54) is 11.3 Å². The topological polar surface area (TPSA) is 79.7 Å². The zero-order chi connectivity index (χ0) is 11.8. The van der Waals surface area contributed by atoms with Crippen molar-refractivity contribution in [3.8, 4) is 0 Å². The summed E-state index contributed by atoms with van der Waals surface area (Å²) in [5.74, 6) is -1.11. The molecular weight excluding hydrogens is 298 g/mol. The molecule has 0 unspecified atom stereocenters. The summed E-state index contributed by atoms with van der Waals surface area (Å²) in [7, 11) is 0. The van der Waals surface area contributed by atoms with Crippen LogP contribution in [0.4, 0.5) is 0 Å². The quantitative estimate of drug-likeness (QED) is 0.867. The van der Waals surface area contributed by atoms with Crippen LogP contribution >= 0.6 is 27.3 Å². The molecule has 88 valence electrons. The van der Waals surface area contributed by atoms with E-state index in [1.807, 2.05) is 0 Å². The summed E-state index contributed by atoms with van der Waals surface area (Å²) >= 11 is 4.31. The Morgan fingerprint density at radius 2 is 2.12 bits per heavy atom. The molecular formula is C9H10BrNO4S. The third-order valence-electron chi connectivity index (χ3n) is 2.55. The Labute approximate surface area is 104 Å². The van der Waals surface area contributed by atoms with Gasteiger partial charge in [0.15, 0.2) is 9.61 Å². The fraction of sp³-hybridized carbons (Fsp3) is 0.556. The van der Waals surface area contributed by atoms with Gasteiger partial charge in [0.25, 0.3) is 0 Å². The van der Waals surface area contributed by atoms with Crippen LogP contribution in [0.2, 0.25) is 0 Å². The lowest BCUT2D eigenvalue weighted by Gasteiger charge is -2.31. The second-order valence-electron chi connectivity index (χ2n) is 3.59. The number of hydrogen-bond acceptors (Lipinski definition) is 5. The molecule has 1 aromatic rings. The zero-order valence-electron chi connectivity index (χ0n) is 8.27. The Balaban J connectivity index is 2.41. The van der Waals surface area contributed by atoms with Crippen LogP contribution in [0, 0.1) is 0 Å². The van der Waals surface area contributed by atoms with Crippen molar-refractivity contribution in [3.63, 3.8) is 0 Å². The molecule has 1 aliphatic rings. The van der Waals surface area contributed by atoms with Crippen LogP contribution in [0.25, 0.3) is 0 Å². The molecule has 1 aromatic heterocycles. The van der Waals surface area contributed by atoms with E-state index in [9.17, 15) is 9.90 Å². The molecule has 2 N–H and O–H groups in total. The molecule has 0 bridgehead atoms. The van der Waals surface area contributed by atoms with Gasteiger partial charge in [-0.15, -0.1) is 11.3 Å². The first-order valence-electron chi connectivity index (χ1n) is 4.73. The number of thiazole rings is 1. The number of nitrogens with zero attached hydrogens (tertiary/aromatic N) is 1. The van der Waals surface area contributed by atoms with Crippen molar-refractivity contribution >= 4 is 33.2 Å². The van der Waals surface area contributed by atoms with E-state index in [0.717, 1.165) is 0 Å². The van der Waals surface area contributed by atoms with Gasteiger partial charge in [0.1, 0.15) is 5.60 Å². The van der Waals surface area contributed by atoms with E-state index in [0.29, 0.717) is 34.8 Å². The molecule has 0 aliphatic carbocycles. The van der Waals surface area contributed by atoms with E-state index in [1.54, 1.807) is 0 Å². The highest BCUT2D eigenvalue weighted by molar-refractivity contribution is 9.11. The van der Waals surface area contributed by atoms with Gasteiger partial charge in [-0.3, -0.25) is 0 Å². The van der Waals surface area contributed by atoms with Crippen LogP contribution in [0.5, 0.6) is 0 Å². The number of rotatable bonds is 2. The molecule has 2 rings (SSSR count). The number of ether oxygens (including phenoxy) is 1. The van der Waals surface area contributed by atoms with Gasteiger partial charge >= 0.3 is 5.97 Å². The van der Waals surface area contributed by atoms with E-state index >= 15 is 0 Å². The molecule has 0 saturated carbocycles. The van der Waals surface area contributed by atoms with Crippen molar-refractivity contribution in [2.24, 2.45) is 0 Å². The van der Waals surface area contributed by atoms with Gasteiger partial charge in [-0.25, -0.2) is 9.78 Å². The second-order valence-corrected chi connectivity index (χ2v) is 5.87. The lowest BCUT2D eigenvalue weighted by Crippen LogP contribution is -2.34. The van der Waals surface area contributed by atoms with Crippen molar-refractivity contribution < 1.29 is 19.7 Å². The highest BCUT2D eigenvalue weighted by atomic mass is 79.9. The van der Waals surface area contributed by atoms with E-state index in [4.69, 9.17) is 9.84 Å². The number of carbonyl (C=O) groups is 1. The molecule has 0 amide bonds. The van der Waals surface area contributed by atoms with Crippen LogP contribution in [-0.2, 0) is 10.3 Å². The maximum Gasteiger partial charge on any atom is 0.355 e. The highest BCUT2D eigenvalue weighted by Gasteiger charge is 2.38. The molecule has 0 atom stereocenters. The Hall–Kier alpha value is -0.500. The Morgan fingerprint density at radius 3 is 2.69 bits per heavy atom. The number of aliphatic hydroxyl groups is 1. The van der Waals surface area contributed by atoms with Gasteiger partial charge in [-0.1, -0.05) is 0 Å². The summed E-state index contributed by atoms with van der Waals surface area (Å²) in [5, 5.41) is 19.4. The molecule has 0 aromatic carbocycles. The molecule has 1 aliphatic heterocycles. The largest absolute Gasteiger partial charge is 0.476 e. The van der Waals surface area contributed by atoms with Crippen LogP contribution in [-0.4, -0.2) is 34.4 Å². The zero-order valence-corrected chi connectivity index (χ0v) is 10.7. The number of halogens is 1. The van der Waals surface area contributed by atoms with Gasteiger partial charge in [-0.05, 0) is 15.9 Å². The molecule has 7 heteroatoms. The van der Waals surface area contributed by atoms with Gasteiger partial charge in [-0.2, -0.15) is 0 Å². The summed E-state index contributed by atoms with van der Waals surface area (Å²) in [4.78, 5) is 15.3. The first-order chi connectivity index (χ1) is 7.53. The predicted molar refractivity (Wildman–Crippen MR) is 60.7 cm³/mol. The van der Waals surface area contributed by atoms with Crippen molar-refractivity contribution in [2.45, 2.75) is 18.4 Å². The monoisotopic (exact) mass is 307 g/mol. The molecule has 0 radical (unpaired) electrons. The molecule has 0 spiro atoms. The molecule has 5 nitrogen and oxygen atoms in total. The Morgan fingerprint density at radius 1 is 1.50 bits per heavy atom. The van der Waals surface area contributed by atoms with E-state index in [2.05, 4.69) is 20.9 Å². The number of carboxylic acids is 1. The molecule has 1 saturated heterocycles. The first kappa shape index (κ1) is 12.0. The normalized spacial score (nSPS) is 19.6. The van der Waals surface area contributed by atoms with Crippen molar-refractivity contribution in [2.75, 3.05) is 13.2 Å². The lowest BCUT2D eigenvalue weighted by atomic mass is 9.91. The lowest BCUT2D eigenvalue weighted by molar-refractivity contribution is -0.0662. The summed E-state index contributed by atoms with van der Waals surface area (Å²) in [6.45, 7) is 0.871. The summed E-state index contributed by atoms with van der Waals surface area (Å²) in [6, 6.07) is 0. The first-order valence-corrected chi connectivity index (χ1v) is 6.34. The van der Waals surface area contributed by atoms with Gasteiger partial charge in [0.2, 0.25) is 0 Å². The number of aromatic nitrogens is 1. The highest BCUT2D eigenvalue weighted by Crippen LogP contribution is 2.39. The van der Waals surface area contributed by atoms with E-state index in [-0.39, 0.29) is 5.69 Å². The number of carboxylic acid groups (broad SMARTS) is 1. The minimum atomic E-state index is -1.12. The summed E-state index contributed by atoms with van der Waals surface area (Å²) < 4.78 is 5.63. The van der Waals surface area contributed by atoms with Gasteiger partial charge < -0.3 is 14.9 Å². The number of hydrogen-bond donors (Lipinski definition) is 2.